The van der Waals surface area contributed by atoms with Crippen molar-refractivity contribution in [3.63, 3.8) is 0 Å². The third-order valence-electron chi connectivity index (χ3n) is 13.6. The first kappa shape index (κ1) is 39.5. The maximum Gasteiger partial charge on any atom is 0.151 e. The van der Waals surface area contributed by atoms with E-state index in [1.165, 1.54) is 65.9 Å². The normalized spacial score (nSPS) is 14.4. The molecule has 0 saturated carbocycles. The average Bonchev–Trinajstić information content (AvgIpc) is 3.40. The molecule has 10 aromatic rings. The molecule has 4 heteroatoms. The quantitative estimate of drug-likeness (QED) is 0.155. The van der Waals surface area contributed by atoms with Crippen molar-refractivity contribution in [2.45, 2.75) is 13.3 Å². The highest BCUT2D eigenvalue weighted by atomic mass is 16.5. The molecule has 2 heterocycles. The topological polar surface area (TPSA) is 24.9 Å². The Hall–Kier alpha value is -8.86. The van der Waals surface area contributed by atoms with E-state index < -0.39 is 0 Å². The minimum absolute atomic E-state index is 0.823. The molecule has 0 bridgehead atoms. The summed E-state index contributed by atoms with van der Waals surface area (Å²) in [5, 5.41) is 7.06. The lowest BCUT2D eigenvalue weighted by Crippen LogP contribution is -2.16. The van der Waals surface area contributed by atoms with E-state index in [1.54, 1.807) is 0 Å². The lowest BCUT2D eigenvalue weighted by molar-refractivity contribution is 0.477. The van der Waals surface area contributed by atoms with Crippen molar-refractivity contribution in [2.24, 2.45) is 0 Å². The Morgan fingerprint density at radius 3 is 1.51 bits per heavy atom. The first-order chi connectivity index (χ1) is 33.6. The Kier molecular flexibility index (Phi) is 9.43. The van der Waals surface area contributed by atoms with Gasteiger partial charge in [-0.2, -0.15) is 0 Å². The molecule has 0 aromatic heterocycles. The summed E-state index contributed by atoms with van der Waals surface area (Å²) in [6, 6.07) is 71.8. The van der Waals surface area contributed by atoms with Gasteiger partial charge in [-0.3, -0.25) is 0 Å². The van der Waals surface area contributed by atoms with Crippen molar-refractivity contribution >= 4 is 72.0 Å². The fraction of sp³-hybridized carbons (Fsp3) is 0.0312. The molecule has 0 radical (unpaired) electrons. The number of fused-ring (bicyclic) bond motifs is 7. The van der Waals surface area contributed by atoms with E-state index in [2.05, 4.69) is 229 Å². The molecule has 68 heavy (non-hydrogen) atoms. The number of para-hydroxylation sites is 8. The van der Waals surface area contributed by atoms with Gasteiger partial charge >= 0.3 is 0 Å². The largest absolute Gasteiger partial charge is 0.453 e. The Labute approximate surface area is 395 Å². The molecule has 0 spiro atoms. The van der Waals surface area contributed by atoms with Crippen molar-refractivity contribution in [1.29, 1.82) is 0 Å². The van der Waals surface area contributed by atoms with E-state index in [0.717, 1.165) is 68.9 Å². The molecule has 2 aliphatic heterocycles. The first-order valence-electron chi connectivity index (χ1n) is 23.3. The summed E-state index contributed by atoms with van der Waals surface area (Å²) in [6.07, 6.45) is 14.2. The molecular weight excluding hydrogens is 829 g/mol. The smallest absolute Gasteiger partial charge is 0.151 e. The zero-order valence-electron chi connectivity index (χ0n) is 37.4. The van der Waals surface area contributed by atoms with Gasteiger partial charge in [0, 0.05) is 11.4 Å². The standard InChI is InChI=1S/C64H44N2O2/c1-42(32-33-43-18-4-2-5-19-43)63-49-36-34-48(66-57-26-12-16-30-61(57)68-62-31-17-13-27-58(62)66)41-54(49)64(52-39-46-23-9-8-22-45(46)38-51(52)44-20-6-3-7-21-44)50-37-35-47(40-53(50)63)65-55-24-10-14-28-59(55)67-60-29-15-11-25-56(60)65/h2-18,20-41H,19H2,1H3/b42-32+,43-33-. The minimum Gasteiger partial charge on any atom is -0.453 e. The summed E-state index contributed by atoms with van der Waals surface area (Å²) in [4.78, 5) is 4.70. The van der Waals surface area contributed by atoms with Gasteiger partial charge in [0.25, 0.3) is 0 Å². The van der Waals surface area contributed by atoms with Crippen LogP contribution in [0.5, 0.6) is 23.0 Å². The zero-order chi connectivity index (χ0) is 45.1. The second-order valence-electron chi connectivity index (χ2n) is 17.6. The van der Waals surface area contributed by atoms with Crippen LogP contribution in [0.1, 0.15) is 18.9 Å². The molecule has 0 fully saturated rings. The molecule has 322 valence electrons. The van der Waals surface area contributed by atoms with Crippen LogP contribution in [0.3, 0.4) is 0 Å². The molecule has 13 rings (SSSR count). The Morgan fingerprint density at radius 2 is 0.956 bits per heavy atom. The van der Waals surface area contributed by atoms with Crippen LogP contribution in [0.4, 0.5) is 34.1 Å². The molecule has 0 N–H and O–H groups in total. The highest BCUT2D eigenvalue weighted by Gasteiger charge is 2.29. The molecule has 0 saturated heterocycles. The van der Waals surface area contributed by atoms with Gasteiger partial charge < -0.3 is 19.3 Å². The maximum absolute atomic E-state index is 6.53. The molecule has 1 aliphatic carbocycles. The van der Waals surface area contributed by atoms with Crippen LogP contribution < -0.4 is 19.3 Å². The van der Waals surface area contributed by atoms with Gasteiger partial charge in [0.05, 0.1) is 22.7 Å². The van der Waals surface area contributed by atoms with Crippen LogP contribution in [0.15, 0.2) is 242 Å². The summed E-state index contributed by atoms with van der Waals surface area (Å²) in [5.41, 5.74) is 14.4. The number of rotatable bonds is 6. The van der Waals surface area contributed by atoms with Gasteiger partial charge in [-0.05, 0) is 170 Å². The Bertz CT molecular complexity index is 3710. The summed E-state index contributed by atoms with van der Waals surface area (Å²) in [7, 11) is 0. The van der Waals surface area contributed by atoms with Gasteiger partial charge in [-0.1, -0.05) is 152 Å². The first-order valence-corrected chi connectivity index (χ1v) is 23.3. The second-order valence-corrected chi connectivity index (χ2v) is 17.6. The number of anilines is 6. The van der Waals surface area contributed by atoms with Gasteiger partial charge in [0.2, 0.25) is 0 Å². The van der Waals surface area contributed by atoms with Crippen LogP contribution in [-0.4, -0.2) is 0 Å². The van der Waals surface area contributed by atoms with Crippen LogP contribution in [0.25, 0.3) is 60.1 Å². The molecule has 4 nitrogen and oxygen atoms in total. The SMILES string of the molecule is C/C(=C\C=C1\C=CC=CC1)c1c2cc(N3c4ccccc4Oc4ccccc43)ccc2c(-c2cc3ccccc3cc2-c2ccccc2)c2cc(N3c4ccccc4Oc4ccccc43)ccc12. The maximum atomic E-state index is 6.53. The number of nitrogens with zero attached hydrogens (tertiary/aromatic N) is 2. The van der Waals surface area contributed by atoms with Gasteiger partial charge in [-0.25, -0.2) is 0 Å². The predicted octanol–water partition coefficient (Wildman–Crippen LogP) is 18.5. The summed E-state index contributed by atoms with van der Waals surface area (Å²) in [5.74, 6) is 3.29. The number of hydrogen-bond acceptors (Lipinski definition) is 4. The van der Waals surface area contributed by atoms with Gasteiger partial charge in [0.1, 0.15) is 0 Å². The molecule has 0 unspecified atom stereocenters. The third kappa shape index (κ3) is 6.60. The van der Waals surface area contributed by atoms with Gasteiger partial charge in [-0.15, -0.1) is 0 Å². The zero-order valence-corrected chi connectivity index (χ0v) is 37.4. The van der Waals surface area contributed by atoms with Gasteiger partial charge in [0.15, 0.2) is 23.0 Å². The van der Waals surface area contributed by atoms with E-state index >= 15 is 0 Å². The fourth-order valence-corrected chi connectivity index (χ4v) is 10.4. The van der Waals surface area contributed by atoms with Crippen molar-refractivity contribution in [2.75, 3.05) is 9.80 Å². The van der Waals surface area contributed by atoms with E-state index in [0.29, 0.717) is 0 Å². The Morgan fingerprint density at radius 1 is 0.456 bits per heavy atom. The molecular formula is C64H44N2O2. The van der Waals surface area contributed by atoms with E-state index in [9.17, 15) is 0 Å². The van der Waals surface area contributed by atoms with E-state index in [-0.39, 0.29) is 0 Å². The van der Waals surface area contributed by atoms with Crippen LogP contribution in [-0.2, 0) is 0 Å². The predicted molar refractivity (Wildman–Crippen MR) is 284 cm³/mol. The number of ether oxygens (including phenoxy) is 2. The number of allylic oxidation sites excluding steroid dienone is 8. The van der Waals surface area contributed by atoms with Crippen LogP contribution in [0, 0.1) is 0 Å². The summed E-state index contributed by atoms with van der Waals surface area (Å²) < 4.78 is 13.0. The highest BCUT2D eigenvalue weighted by molar-refractivity contribution is 6.22. The van der Waals surface area contributed by atoms with Crippen LogP contribution >= 0.6 is 0 Å². The van der Waals surface area contributed by atoms with Crippen molar-refractivity contribution in [3.05, 3.63) is 248 Å². The fourth-order valence-electron chi connectivity index (χ4n) is 10.4. The molecule has 0 amide bonds. The molecule has 10 aromatic carbocycles. The third-order valence-corrected chi connectivity index (χ3v) is 13.6. The lowest BCUT2D eigenvalue weighted by Gasteiger charge is -2.33. The number of hydrogen-bond donors (Lipinski definition) is 0. The summed E-state index contributed by atoms with van der Waals surface area (Å²) >= 11 is 0. The van der Waals surface area contributed by atoms with E-state index in [4.69, 9.17) is 9.47 Å². The molecule has 3 aliphatic rings. The lowest BCUT2D eigenvalue weighted by atomic mass is 9.82. The second kappa shape index (κ2) is 16.2. The minimum atomic E-state index is 0.823. The van der Waals surface area contributed by atoms with Crippen LogP contribution in [0.2, 0.25) is 0 Å². The van der Waals surface area contributed by atoms with Crippen molar-refractivity contribution in [1.82, 2.24) is 0 Å². The number of benzene rings is 10. The summed E-state index contributed by atoms with van der Waals surface area (Å²) in [6.45, 7) is 2.27. The average molecular weight is 873 g/mol. The monoisotopic (exact) mass is 872 g/mol. The van der Waals surface area contributed by atoms with Crippen molar-refractivity contribution < 1.29 is 9.47 Å². The van der Waals surface area contributed by atoms with E-state index in [1.807, 2.05) is 24.3 Å². The Balaban J connectivity index is 1.16. The molecule has 0 atom stereocenters. The highest BCUT2D eigenvalue weighted by Crippen LogP contribution is 2.55. The van der Waals surface area contributed by atoms with Crippen molar-refractivity contribution in [3.8, 4) is 45.3 Å².